The molecule has 2 atom stereocenters. The Morgan fingerprint density at radius 2 is 1.67 bits per heavy atom. The lowest BCUT2D eigenvalue weighted by Crippen LogP contribution is -2.53. The van der Waals surface area contributed by atoms with E-state index in [4.69, 9.17) is 10.5 Å². The SMILES string of the molecule is CC(C)CC(N)C(=O)NC(Cc1ccc(OCc2ccccc2)cc1)C(=O)NCCCN1CCCC1. The standard InChI is InChI=1S/C29H42N4O3/c1-22(2)19-26(30)28(34)32-27(29(35)31-15-8-18-33-16-6-7-17-33)20-23-11-13-25(14-12-23)36-21-24-9-4-3-5-10-24/h3-5,9-14,22,26-27H,6-8,15-21,30H2,1-2H3,(H,31,35)(H,32,34). The molecule has 1 saturated heterocycles. The van der Waals surface area contributed by atoms with Crippen LogP contribution in [0, 0.1) is 5.92 Å². The Morgan fingerprint density at radius 1 is 0.972 bits per heavy atom. The molecule has 0 radical (unpaired) electrons. The molecule has 36 heavy (non-hydrogen) atoms. The number of nitrogens with one attached hydrogen (secondary N) is 2. The van der Waals surface area contributed by atoms with Gasteiger partial charge in [-0.1, -0.05) is 56.3 Å². The quantitative estimate of drug-likeness (QED) is 0.350. The summed E-state index contributed by atoms with van der Waals surface area (Å²) >= 11 is 0. The second-order valence-corrected chi connectivity index (χ2v) is 10.1. The van der Waals surface area contributed by atoms with Crippen molar-refractivity contribution in [2.75, 3.05) is 26.2 Å². The smallest absolute Gasteiger partial charge is 0.242 e. The van der Waals surface area contributed by atoms with Gasteiger partial charge in [-0.3, -0.25) is 9.59 Å². The molecule has 1 heterocycles. The minimum atomic E-state index is -0.682. The van der Waals surface area contributed by atoms with Crippen LogP contribution in [0.1, 0.15) is 50.7 Å². The van der Waals surface area contributed by atoms with Crippen molar-refractivity contribution >= 4 is 11.8 Å². The molecule has 2 unspecified atom stereocenters. The number of benzene rings is 2. The first-order valence-corrected chi connectivity index (χ1v) is 13.2. The predicted molar refractivity (Wildman–Crippen MR) is 144 cm³/mol. The van der Waals surface area contributed by atoms with Gasteiger partial charge in [0.1, 0.15) is 18.4 Å². The highest BCUT2D eigenvalue weighted by Crippen LogP contribution is 2.16. The highest BCUT2D eigenvalue weighted by Gasteiger charge is 2.24. The van der Waals surface area contributed by atoms with Gasteiger partial charge in [0.05, 0.1) is 6.04 Å². The van der Waals surface area contributed by atoms with E-state index in [2.05, 4.69) is 15.5 Å². The van der Waals surface area contributed by atoms with Crippen LogP contribution in [-0.2, 0) is 22.6 Å². The molecule has 0 spiro atoms. The number of nitrogens with zero attached hydrogens (tertiary/aromatic N) is 1. The maximum atomic E-state index is 13.0. The van der Waals surface area contributed by atoms with E-state index in [9.17, 15) is 9.59 Å². The van der Waals surface area contributed by atoms with Crippen LogP contribution in [0.4, 0.5) is 0 Å². The second-order valence-electron chi connectivity index (χ2n) is 10.1. The summed E-state index contributed by atoms with van der Waals surface area (Å²) in [4.78, 5) is 28.2. The third-order valence-electron chi connectivity index (χ3n) is 6.46. The number of hydrogen-bond donors (Lipinski definition) is 3. The first-order valence-electron chi connectivity index (χ1n) is 13.2. The van der Waals surface area contributed by atoms with E-state index in [0.29, 0.717) is 31.9 Å². The molecule has 3 rings (SSSR count). The van der Waals surface area contributed by atoms with Crippen LogP contribution in [0.3, 0.4) is 0 Å². The Hall–Kier alpha value is -2.90. The van der Waals surface area contributed by atoms with Crippen molar-refractivity contribution in [1.82, 2.24) is 15.5 Å². The fraction of sp³-hybridized carbons (Fsp3) is 0.517. The molecule has 1 fully saturated rings. The highest BCUT2D eigenvalue weighted by atomic mass is 16.5. The average molecular weight is 495 g/mol. The van der Waals surface area contributed by atoms with Crippen molar-refractivity contribution in [1.29, 1.82) is 0 Å². The van der Waals surface area contributed by atoms with Crippen LogP contribution in [-0.4, -0.2) is 55.0 Å². The summed E-state index contributed by atoms with van der Waals surface area (Å²) < 4.78 is 5.87. The first-order chi connectivity index (χ1) is 17.4. The average Bonchev–Trinajstić information content (AvgIpc) is 3.39. The maximum Gasteiger partial charge on any atom is 0.242 e. The zero-order chi connectivity index (χ0) is 25.8. The van der Waals surface area contributed by atoms with Crippen LogP contribution < -0.4 is 21.1 Å². The second kappa shape index (κ2) is 14.6. The Bertz CT molecular complexity index is 927. The van der Waals surface area contributed by atoms with E-state index >= 15 is 0 Å². The number of carbonyl (C=O) groups excluding carboxylic acids is 2. The molecule has 1 aliphatic heterocycles. The van der Waals surface area contributed by atoms with Gasteiger partial charge in [-0.15, -0.1) is 0 Å². The summed E-state index contributed by atoms with van der Waals surface area (Å²) in [6.45, 7) is 8.41. The first kappa shape index (κ1) is 27.7. The predicted octanol–water partition coefficient (Wildman–Crippen LogP) is 3.27. The molecule has 196 valence electrons. The molecule has 0 aromatic heterocycles. The number of amides is 2. The van der Waals surface area contributed by atoms with Gasteiger partial charge in [-0.05, 0) is 74.5 Å². The Morgan fingerprint density at radius 3 is 2.33 bits per heavy atom. The van der Waals surface area contributed by atoms with Gasteiger partial charge >= 0.3 is 0 Å². The Kier molecular flexibility index (Phi) is 11.2. The van der Waals surface area contributed by atoms with Crippen molar-refractivity contribution < 1.29 is 14.3 Å². The van der Waals surface area contributed by atoms with Crippen LogP contribution >= 0.6 is 0 Å². The summed E-state index contributed by atoms with van der Waals surface area (Å²) in [7, 11) is 0. The molecule has 4 N–H and O–H groups in total. The molecular formula is C29H42N4O3. The van der Waals surface area contributed by atoms with Crippen LogP contribution in [0.2, 0.25) is 0 Å². The van der Waals surface area contributed by atoms with Crippen molar-refractivity contribution in [3.8, 4) is 5.75 Å². The van der Waals surface area contributed by atoms with E-state index in [0.717, 1.165) is 42.9 Å². The summed E-state index contributed by atoms with van der Waals surface area (Å²) in [6, 6.07) is 16.4. The molecule has 1 aliphatic rings. The van der Waals surface area contributed by atoms with Gasteiger partial charge in [0, 0.05) is 13.0 Å². The number of ether oxygens (including phenoxy) is 1. The summed E-state index contributed by atoms with van der Waals surface area (Å²) in [5.41, 5.74) is 8.13. The number of likely N-dealkylation sites (tertiary alicyclic amines) is 1. The maximum absolute atomic E-state index is 13.0. The van der Waals surface area contributed by atoms with Gasteiger partial charge < -0.3 is 26.0 Å². The molecule has 2 aromatic carbocycles. The third kappa shape index (κ3) is 9.63. The fourth-order valence-corrected chi connectivity index (χ4v) is 4.44. The summed E-state index contributed by atoms with van der Waals surface area (Å²) in [5, 5.41) is 5.91. The van der Waals surface area contributed by atoms with E-state index < -0.39 is 12.1 Å². The topological polar surface area (TPSA) is 96.7 Å². The van der Waals surface area contributed by atoms with Crippen molar-refractivity contribution in [3.63, 3.8) is 0 Å². The number of hydrogen-bond acceptors (Lipinski definition) is 5. The molecular weight excluding hydrogens is 452 g/mol. The van der Waals surface area contributed by atoms with E-state index in [1.165, 1.54) is 12.8 Å². The Balaban J connectivity index is 1.56. The molecule has 0 bridgehead atoms. The van der Waals surface area contributed by atoms with E-state index in [1.807, 2.05) is 68.4 Å². The summed E-state index contributed by atoms with van der Waals surface area (Å²) in [6.07, 6.45) is 4.37. The van der Waals surface area contributed by atoms with Gasteiger partial charge in [0.15, 0.2) is 0 Å². The van der Waals surface area contributed by atoms with Crippen molar-refractivity contribution in [3.05, 3.63) is 65.7 Å². The minimum Gasteiger partial charge on any atom is -0.489 e. The minimum absolute atomic E-state index is 0.175. The zero-order valence-corrected chi connectivity index (χ0v) is 21.7. The third-order valence-corrected chi connectivity index (χ3v) is 6.46. The van der Waals surface area contributed by atoms with Crippen LogP contribution in [0.5, 0.6) is 5.75 Å². The van der Waals surface area contributed by atoms with Crippen molar-refractivity contribution in [2.24, 2.45) is 11.7 Å². The van der Waals surface area contributed by atoms with Gasteiger partial charge in [-0.25, -0.2) is 0 Å². The molecule has 0 aliphatic carbocycles. The lowest BCUT2D eigenvalue weighted by Gasteiger charge is -2.22. The van der Waals surface area contributed by atoms with E-state index in [1.54, 1.807) is 0 Å². The molecule has 2 aromatic rings. The zero-order valence-electron chi connectivity index (χ0n) is 21.7. The largest absolute Gasteiger partial charge is 0.489 e. The number of rotatable bonds is 14. The lowest BCUT2D eigenvalue weighted by molar-refractivity contribution is -0.129. The molecule has 2 amide bonds. The summed E-state index contributed by atoms with van der Waals surface area (Å²) in [5.74, 6) is 0.593. The monoisotopic (exact) mass is 494 g/mol. The van der Waals surface area contributed by atoms with Gasteiger partial charge in [0.25, 0.3) is 0 Å². The fourth-order valence-electron chi connectivity index (χ4n) is 4.44. The van der Waals surface area contributed by atoms with Gasteiger partial charge in [-0.2, -0.15) is 0 Å². The molecule has 0 saturated carbocycles. The lowest BCUT2D eigenvalue weighted by atomic mass is 10.0. The van der Waals surface area contributed by atoms with Crippen LogP contribution in [0.25, 0.3) is 0 Å². The van der Waals surface area contributed by atoms with E-state index in [-0.39, 0.29) is 11.8 Å². The van der Waals surface area contributed by atoms with Crippen LogP contribution in [0.15, 0.2) is 54.6 Å². The Labute approximate surface area is 215 Å². The van der Waals surface area contributed by atoms with Gasteiger partial charge in [0.2, 0.25) is 11.8 Å². The number of carbonyl (C=O) groups is 2. The molecule has 7 nitrogen and oxygen atoms in total. The molecule has 7 heteroatoms. The highest BCUT2D eigenvalue weighted by molar-refractivity contribution is 5.89. The van der Waals surface area contributed by atoms with Crippen molar-refractivity contribution in [2.45, 2.75) is 64.6 Å². The number of nitrogens with two attached hydrogens (primary N) is 1. The normalized spacial score (nSPS) is 15.4.